The Kier molecular flexibility index (Phi) is 10.4. The number of alkyl halides is 1. The van der Waals surface area contributed by atoms with Gasteiger partial charge in [0.05, 0.1) is 5.92 Å². The minimum absolute atomic E-state index is 0.220. The summed E-state index contributed by atoms with van der Waals surface area (Å²) < 4.78 is 0. The highest BCUT2D eigenvalue weighted by molar-refractivity contribution is 9.09. The smallest absolute Gasteiger partial charge is 0.224 e. The van der Waals surface area contributed by atoms with E-state index in [0.717, 1.165) is 18.3 Å². The maximum atomic E-state index is 11.7. The van der Waals surface area contributed by atoms with Crippen molar-refractivity contribution in [2.45, 2.75) is 57.8 Å². The SMILES string of the molecule is CNC(=O)C1CCCN(CCCCCCCCCBr)C1. The van der Waals surface area contributed by atoms with E-state index < -0.39 is 0 Å². The van der Waals surface area contributed by atoms with Crippen molar-refractivity contribution < 1.29 is 4.79 Å². The molecule has 1 aliphatic rings. The van der Waals surface area contributed by atoms with Crippen molar-refractivity contribution in [2.24, 2.45) is 5.92 Å². The number of hydrogen-bond donors (Lipinski definition) is 1. The second-order valence-electron chi connectivity index (χ2n) is 5.92. The van der Waals surface area contributed by atoms with Gasteiger partial charge in [-0.1, -0.05) is 48.0 Å². The summed E-state index contributed by atoms with van der Waals surface area (Å²) in [6.45, 7) is 3.32. The third kappa shape index (κ3) is 7.63. The number of carbonyl (C=O) groups is 1. The lowest BCUT2D eigenvalue weighted by atomic mass is 9.97. The normalized spacial score (nSPS) is 20.0. The Morgan fingerprint density at radius 1 is 1.15 bits per heavy atom. The predicted octanol–water partition coefficient (Wildman–Crippen LogP) is 3.57. The van der Waals surface area contributed by atoms with Crippen LogP contribution in [0.15, 0.2) is 0 Å². The van der Waals surface area contributed by atoms with Gasteiger partial charge in [0.2, 0.25) is 5.91 Å². The van der Waals surface area contributed by atoms with E-state index >= 15 is 0 Å². The summed E-state index contributed by atoms with van der Waals surface area (Å²) in [5, 5.41) is 3.93. The highest BCUT2D eigenvalue weighted by Gasteiger charge is 2.24. The van der Waals surface area contributed by atoms with Crippen LogP contribution in [0.5, 0.6) is 0 Å². The van der Waals surface area contributed by atoms with Gasteiger partial charge in [-0.2, -0.15) is 0 Å². The van der Waals surface area contributed by atoms with E-state index in [9.17, 15) is 4.79 Å². The molecule has 0 aromatic carbocycles. The second kappa shape index (κ2) is 11.6. The van der Waals surface area contributed by atoms with Crippen LogP contribution in [0.1, 0.15) is 57.8 Å². The lowest BCUT2D eigenvalue weighted by Gasteiger charge is -2.31. The van der Waals surface area contributed by atoms with Gasteiger partial charge in [-0.3, -0.25) is 4.79 Å². The number of halogens is 1. The quantitative estimate of drug-likeness (QED) is 0.484. The van der Waals surface area contributed by atoms with Crippen molar-refractivity contribution in [2.75, 3.05) is 32.0 Å². The molecule has 0 aromatic rings. The highest BCUT2D eigenvalue weighted by Crippen LogP contribution is 2.17. The van der Waals surface area contributed by atoms with Crippen LogP contribution in [0.25, 0.3) is 0 Å². The summed E-state index contributed by atoms with van der Waals surface area (Å²) in [6.07, 6.45) is 11.7. The summed E-state index contributed by atoms with van der Waals surface area (Å²) in [4.78, 5) is 14.2. The average molecular weight is 347 g/mol. The summed E-state index contributed by atoms with van der Waals surface area (Å²) in [7, 11) is 1.75. The minimum Gasteiger partial charge on any atom is -0.359 e. The fourth-order valence-electron chi connectivity index (χ4n) is 2.99. The molecule has 1 amide bonds. The summed E-state index contributed by atoms with van der Waals surface area (Å²) >= 11 is 3.47. The van der Waals surface area contributed by atoms with Crippen LogP contribution >= 0.6 is 15.9 Å². The molecule has 3 nitrogen and oxygen atoms in total. The molecular formula is C16H31BrN2O. The van der Waals surface area contributed by atoms with Crippen LogP contribution in [0.3, 0.4) is 0 Å². The van der Waals surface area contributed by atoms with Gasteiger partial charge in [0, 0.05) is 18.9 Å². The Labute approximate surface area is 133 Å². The van der Waals surface area contributed by atoms with Crippen LogP contribution in [0.4, 0.5) is 0 Å². The zero-order valence-corrected chi connectivity index (χ0v) is 14.6. The van der Waals surface area contributed by atoms with Crippen LogP contribution in [0.2, 0.25) is 0 Å². The number of amides is 1. The molecule has 0 aromatic heterocycles. The standard InChI is InChI=1S/C16H31BrN2O/c1-18-16(20)15-10-9-13-19(14-15)12-8-6-4-2-3-5-7-11-17/h15H,2-14H2,1H3,(H,18,20). The van der Waals surface area contributed by atoms with Crippen molar-refractivity contribution in [3.05, 3.63) is 0 Å². The molecule has 0 radical (unpaired) electrons. The van der Waals surface area contributed by atoms with E-state index in [0.29, 0.717) is 0 Å². The Hall–Kier alpha value is -0.0900. The van der Waals surface area contributed by atoms with Gasteiger partial charge in [0.25, 0.3) is 0 Å². The first-order chi connectivity index (χ1) is 9.77. The molecule has 0 spiro atoms. The third-order valence-corrected chi connectivity index (χ3v) is 4.79. The van der Waals surface area contributed by atoms with Gasteiger partial charge in [-0.25, -0.2) is 0 Å². The molecule has 0 aliphatic carbocycles. The van der Waals surface area contributed by atoms with Gasteiger partial charge >= 0.3 is 0 Å². The Balaban J connectivity index is 2.00. The van der Waals surface area contributed by atoms with Gasteiger partial charge in [-0.15, -0.1) is 0 Å². The highest BCUT2D eigenvalue weighted by atomic mass is 79.9. The molecule has 1 heterocycles. The van der Waals surface area contributed by atoms with E-state index in [1.54, 1.807) is 7.05 Å². The molecule has 0 bridgehead atoms. The van der Waals surface area contributed by atoms with Crippen molar-refractivity contribution in [3.8, 4) is 0 Å². The number of likely N-dealkylation sites (tertiary alicyclic amines) is 1. The van der Waals surface area contributed by atoms with Crippen LogP contribution in [-0.2, 0) is 4.79 Å². The van der Waals surface area contributed by atoms with Gasteiger partial charge in [-0.05, 0) is 38.8 Å². The Bertz CT molecular complexity index is 261. The maximum absolute atomic E-state index is 11.7. The second-order valence-corrected chi connectivity index (χ2v) is 6.71. The van der Waals surface area contributed by atoms with E-state index in [4.69, 9.17) is 0 Å². The number of unbranched alkanes of at least 4 members (excludes halogenated alkanes) is 6. The van der Waals surface area contributed by atoms with Crippen molar-refractivity contribution in [3.63, 3.8) is 0 Å². The minimum atomic E-state index is 0.220. The Morgan fingerprint density at radius 2 is 1.80 bits per heavy atom. The van der Waals surface area contributed by atoms with Crippen molar-refractivity contribution in [1.82, 2.24) is 10.2 Å². The first kappa shape index (κ1) is 18.0. The summed E-state index contributed by atoms with van der Waals surface area (Å²) in [5.74, 6) is 0.444. The van der Waals surface area contributed by atoms with Crippen LogP contribution in [-0.4, -0.2) is 42.8 Å². The fourth-order valence-corrected chi connectivity index (χ4v) is 3.39. The molecule has 1 rings (SSSR count). The molecule has 4 heteroatoms. The number of carbonyl (C=O) groups excluding carboxylic acids is 1. The molecule has 20 heavy (non-hydrogen) atoms. The molecule has 1 atom stereocenters. The number of nitrogens with zero attached hydrogens (tertiary/aromatic N) is 1. The lowest BCUT2D eigenvalue weighted by Crippen LogP contribution is -2.42. The monoisotopic (exact) mass is 346 g/mol. The Morgan fingerprint density at radius 3 is 2.45 bits per heavy atom. The first-order valence-corrected chi connectivity index (χ1v) is 9.40. The van der Waals surface area contributed by atoms with Crippen LogP contribution in [0, 0.1) is 5.92 Å². The van der Waals surface area contributed by atoms with E-state index in [1.165, 1.54) is 64.5 Å². The van der Waals surface area contributed by atoms with Crippen LogP contribution < -0.4 is 5.32 Å². The molecule has 1 N–H and O–H groups in total. The van der Waals surface area contributed by atoms with Gasteiger partial charge in [0.1, 0.15) is 0 Å². The third-order valence-electron chi connectivity index (χ3n) is 4.23. The number of piperidine rings is 1. The zero-order chi connectivity index (χ0) is 14.6. The molecule has 118 valence electrons. The van der Waals surface area contributed by atoms with Crippen molar-refractivity contribution >= 4 is 21.8 Å². The van der Waals surface area contributed by atoms with E-state index in [-0.39, 0.29) is 11.8 Å². The van der Waals surface area contributed by atoms with Gasteiger partial charge < -0.3 is 10.2 Å². The number of hydrogen-bond acceptors (Lipinski definition) is 2. The van der Waals surface area contributed by atoms with E-state index in [2.05, 4.69) is 26.1 Å². The number of rotatable bonds is 10. The fraction of sp³-hybridized carbons (Fsp3) is 0.938. The molecule has 1 fully saturated rings. The molecule has 1 saturated heterocycles. The molecule has 0 saturated carbocycles. The maximum Gasteiger partial charge on any atom is 0.224 e. The molecule has 1 aliphatic heterocycles. The van der Waals surface area contributed by atoms with E-state index in [1.807, 2.05) is 0 Å². The molecular weight excluding hydrogens is 316 g/mol. The predicted molar refractivity (Wildman–Crippen MR) is 89.3 cm³/mol. The topological polar surface area (TPSA) is 32.3 Å². The lowest BCUT2D eigenvalue weighted by molar-refractivity contribution is -0.126. The van der Waals surface area contributed by atoms with Gasteiger partial charge in [0.15, 0.2) is 0 Å². The van der Waals surface area contributed by atoms with Crippen molar-refractivity contribution in [1.29, 1.82) is 0 Å². The summed E-state index contributed by atoms with van der Waals surface area (Å²) in [5.41, 5.74) is 0. The zero-order valence-electron chi connectivity index (χ0n) is 13.0. The average Bonchev–Trinajstić information content (AvgIpc) is 2.49. The molecule has 1 unspecified atom stereocenters. The number of nitrogens with one attached hydrogen (secondary N) is 1. The first-order valence-electron chi connectivity index (χ1n) is 8.28. The largest absolute Gasteiger partial charge is 0.359 e. The summed E-state index contributed by atoms with van der Waals surface area (Å²) in [6, 6.07) is 0.